The summed E-state index contributed by atoms with van der Waals surface area (Å²) in [7, 11) is 0. The zero-order valence-electron chi connectivity index (χ0n) is 10.2. The molecule has 0 spiro atoms. The van der Waals surface area contributed by atoms with Gasteiger partial charge in [0, 0.05) is 12.1 Å². The van der Waals surface area contributed by atoms with E-state index in [0.717, 1.165) is 5.56 Å². The van der Waals surface area contributed by atoms with Gasteiger partial charge in [0.15, 0.2) is 0 Å². The minimum Gasteiger partial charge on any atom is -0.393 e. The lowest BCUT2D eigenvalue weighted by Gasteiger charge is -2.08. The van der Waals surface area contributed by atoms with Crippen molar-refractivity contribution in [3.63, 3.8) is 0 Å². The third-order valence-electron chi connectivity index (χ3n) is 2.53. The standard InChI is InChI=1S/C13H18FNO2/c1-9-5-6-11(14)8-12(9)13(17)15-7-3-4-10(2)16/h5-6,8,10,16H,3-4,7H2,1-2H3,(H,15,17). The predicted molar refractivity (Wildman–Crippen MR) is 64.4 cm³/mol. The number of aliphatic hydroxyl groups is 1. The average Bonchev–Trinajstić information content (AvgIpc) is 2.27. The van der Waals surface area contributed by atoms with Gasteiger partial charge in [-0.15, -0.1) is 0 Å². The van der Waals surface area contributed by atoms with Gasteiger partial charge in [-0.2, -0.15) is 0 Å². The molecule has 0 saturated heterocycles. The van der Waals surface area contributed by atoms with Gasteiger partial charge in [0.05, 0.1) is 6.10 Å². The molecule has 0 radical (unpaired) electrons. The first-order valence-corrected chi connectivity index (χ1v) is 5.73. The number of benzene rings is 1. The van der Waals surface area contributed by atoms with Crippen molar-refractivity contribution in [3.8, 4) is 0 Å². The second-order valence-electron chi connectivity index (χ2n) is 4.21. The molecular formula is C13H18FNO2. The van der Waals surface area contributed by atoms with E-state index in [2.05, 4.69) is 5.32 Å². The van der Waals surface area contributed by atoms with Crippen LogP contribution in [0.5, 0.6) is 0 Å². The van der Waals surface area contributed by atoms with Gasteiger partial charge in [0.25, 0.3) is 5.91 Å². The van der Waals surface area contributed by atoms with Gasteiger partial charge >= 0.3 is 0 Å². The van der Waals surface area contributed by atoms with Crippen molar-refractivity contribution in [1.82, 2.24) is 5.32 Å². The fourth-order valence-corrected chi connectivity index (χ4v) is 1.53. The lowest BCUT2D eigenvalue weighted by molar-refractivity contribution is 0.0948. The molecule has 0 saturated carbocycles. The Morgan fingerprint density at radius 1 is 1.53 bits per heavy atom. The van der Waals surface area contributed by atoms with Gasteiger partial charge in [0.2, 0.25) is 0 Å². The normalized spacial score (nSPS) is 12.2. The van der Waals surface area contributed by atoms with E-state index in [0.29, 0.717) is 24.9 Å². The first-order valence-electron chi connectivity index (χ1n) is 5.73. The van der Waals surface area contributed by atoms with Gasteiger partial charge in [0.1, 0.15) is 5.82 Å². The molecule has 17 heavy (non-hydrogen) atoms. The molecule has 0 bridgehead atoms. The van der Waals surface area contributed by atoms with Crippen LogP contribution in [0.25, 0.3) is 0 Å². The number of halogens is 1. The summed E-state index contributed by atoms with van der Waals surface area (Å²) in [5, 5.41) is 11.8. The Hall–Kier alpha value is -1.42. The smallest absolute Gasteiger partial charge is 0.251 e. The number of rotatable bonds is 5. The molecular weight excluding hydrogens is 221 g/mol. The predicted octanol–water partition coefficient (Wildman–Crippen LogP) is 2.02. The number of aryl methyl sites for hydroxylation is 1. The molecule has 0 aromatic heterocycles. The SMILES string of the molecule is Cc1ccc(F)cc1C(=O)NCCCC(C)O. The Morgan fingerprint density at radius 3 is 2.88 bits per heavy atom. The van der Waals surface area contributed by atoms with Crippen LogP contribution >= 0.6 is 0 Å². The van der Waals surface area contributed by atoms with E-state index in [4.69, 9.17) is 5.11 Å². The lowest BCUT2D eigenvalue weighted by Crippen LogP contribution is -2.25. The summed E-state index contributed by atoms with van der Waals surface area (Å²) in [5.41, 5.74) is 1.11. The number of carbonyl (C=O) groups excluding carboxylic acids is 1. The first kappa shape index (κ1) is 13.6. The van der Waals surface area contributed by atoms with E-state index in [1.165, 1.54) is 12.1 Å². The Balaban J connectivity index is 2.49. The summed E-state index contributed by atoms with van der Waals surface area (Å²) in [5.74, 6) is -0.683. The molecule has 1 unspecified atom stereocenters. The van der Waals surface area contributed by atoms with Crippen LogP contribution in [0.1, 0.15) is 35.7 Å². The third-order valence-corrected chi connectivity index (χ3v) is 2.53. The summed E-state index contributed by atoms with van der Waals surface area (Å²) in [6.07, 6.45) is 0.989. The Bertz CT molecular complexity index is 391. The summed E-state index contributed by atoms with van der Waals surface area (Å²) in [6.45, 7) is 3.96. The van der Waals surface area contributed by atoms with Gasteiger partial charge in [-0.3, -0.25) is 4.79 Å². The number of nitrogens with one attached hydrogen (secondary N) is 1. The van der Waals surface area contributed by atoms with Crippen LogP contribution in [0.3, 0.4) is 0 Å². The van der Waals surface area contributed by atoms with Crippen molar-refractivity contribution in [1.29, 1.82) is 0 Å². The summed E-state index contributed by atoms with van der Waals surface area (Å²) >= 11 is 0. The molecule has 94 valence electrons. The number of aliphatic hydroxyl groups excluding tert-OH is 1. The van der Waals surface area contributed by atoms with E-state index in [9.17, 15) is 9.18 Å². The monoisotopic (exact) mass is 239 g/mol. The highest BCUT2D eigenvalue weighted by Gasteiger charge is 2.09. The average molecular weight is 239 g/mol. The zero-order chi connectivity index (χ0) is 12.8. The molecule has 0 aliphatic heterocycles. The number of hydrogen-bond donors (Lipinski definition) is 2. The molecule has 1 atom stereocenters. The fourth-order valence-electron chi connectivity index (χ4n) is 1.53. The topological polar surface area (TPSA) is 49.3 Å². The van der Waals surface area contributed by atoms with Gasteiger partial charge < -0.3 is 10.4 Å². The molecule has 4 heteroatoms. The van der Waals surface area contributed by atoms with Crippen molar-refractivity contribution in [2.45, 2.75) is 32.8 Å². The first-order chi connectivity index (χ1) is 8.00. The van der Waals surface area contributed by atoms with E-state index in [1.54, 1.807) is 19.9 Å². The van der Waals surface area contributed by atoms with E-state index < -0.39 is 5.82 Å². The highest BCUT2D eigenvalue weighted by atomic mass is 19.1. The van der Waals surface area contributed by atoms with Crippen LogP contribution in [0.2, 0.25) is 0 Å². The Labute approximate surface area is 101 Å². The van der Waals surface area contributed by atoms with Gasteiger partial charge in [-0.1, -0.05) is 6.07 Å². The number of hydrogen-bond acceptors (Lipinski definition) is 2. The quantitative estimate of drug-likeness (QED) is 0.772. The highest BCUT2D eigenvalue weighted by molar-refractivity contribution is 5.95. The molecule has 1 aromatic rings. The number of carbonyl (C=O) groups is 1. The van der Waals surface area contributed by atoms with Crippen LogP contribution in [-0.4, -0.2) is 23.7 Å². The van der Waals surface area contributed by atoms with Crippen molar-refractivity contribution in [2.24, 2.45) is 0 Å². The van der Waals surface area contributed by atoms with E-state index >= 15 is 0 Å². The maximum absolute atomic E-state index is 13.0. The van der Waals surface area contributed by atoms with Crippen molar-refractivity contribution < 1.29 is 14.3 Å². The molecule has 1 aromatic carbocycles. The van der Waals surface area contributed by atoms with Gasteiger partial charge in [-0.05, 0) is 44.4 Å². The lowest BCUT2D eigenvalue weighted by atomic mass is 10.1. The largest absolute Gasteiger partial charge is 0.393 e. The summed E-state index contributed by atoms with van der Waals surface area (Å²) in [4.78, 5) is 11.7. The van der Waals surface area contributed by atoms with Crippen LogP contribution in [0.15, 0.2) is 18.2 Å². The van der Waals surface area contributed by atoms with Crippen LogP contribution < -0.4 is 5.32 Å². The van der Waals surface area contributed by atoms with E-state index in [1.807, 2.05) is 0 Å². The van der Waals surface area contributed by atoms with Crippen molar-refractivity contribution in [3.05, 3.63) is 35.1 Å². The molecule has 0 fully saturated rings. The van der Waals surface area contributed by atoms with Gasteiger partial charge in [-0.25, -0.2) is 4.39 Å². The Kier molecular flexibility index (Phi) is 5.10. The highest BCUT2D eigenvalue weighted by Crippen LogP contribution is 2.10. The zero-order valence-corrected chi connectivity index (χ0v) is 10.2. The van der Waals surface area contributed by atoms with Crippen molar-refractivity contribution in [2.75, 3.05) is 6.54 Å². The molecule has 0 heterocycles. The second-order valence-corrected chi connectivity index (χ2v) is 4.21. The van der Waals surface area contributed by atoms with Crippen LogP contribution in [0.4, 0.5) is 4.39 Å². The maximum atomic E-state index is 13.0. The van der Waals surface area contributed by atoms with E-state index in [-0.39, 0.29) is 12.0 Å². The van der Waals surface area contributed by atoms with Crippen molar-refractivity contribution >= 4 is 5.91 Å². The minimum absolute atomic E-state index is 0.271. The molecule has 3 nitrogen and oxygen atoms in total. The molecule has 0 aliphatic rings. The summed E-state index contributed by atoms with van der Waals surface area (Å²) in [6, 6.07) is 4.15. The number of amides is 1. The molecule has 2 N–H and O–H groups in total. The van der Waals surface area contributed by atoms with Crippen LogP contribution in [-0.2, 0) is 0 Å². The molecule has 0 aliphatic carbocycles. The fraction of sp³-hybridized carbons (Fsp3) is 0.462. The Morgan fingerprint density at radius 2 is 2.24 bits per heavy atom. The minimum atomic E-state index is -0.412. The van der Waals surface area contributed by atoms with Crippen LogP contribution in [0, 0.1) is 12.7 Å². The molecule has 1 amide bonds. The summed E-state index contributed by atoms with van der Waals surface area (Å²) < 4.78 is 13.0. The molecule has 1 rings (SSSR count). The second kappa shape index (κ2) is 6.35. The third kappa shape index (κ3) is 4.53. The maximum Gasteiger partial charge on any atom is 0.251 e.